The number of hydrogen-bond donors (Lipinski definition) is 0. The molecule has 2 aromatic rings. The van der Waals surface area contributed by atoms with E-state index < -0.39 is 75.4 Å². The molecule has 1 fully saturated rings. The number of aryl methyl sites for hydroxylation is 1. The fourth-order valence-corrected chi connectivity index (χ4v) is 10.4. The Morgan fingerprint density at radius 1 is 0.857 bits per heavy atom. The van der Waals surface area contributed by atoms with Crippen LogP contribution in [0.1, 0.15) is 102 Å². The molecule has 0 aromatic heterocycles. The standard InChI is InChI=1S/C47H55ClN4O13S3.2Na/c1-46(2)38-29-35(48)31-50(24-7-9-26-66(56,57)58)45(38)49-40(46)20-16-33(34-14-11-13-32(28-34)12-5-6-15-44(55)65-52-42(53)22-23-43(52)54)17-21-41-47(3,4)37-30-36(68(62,63)64)18-19-39(37)51(41)25-8-10-27-67(59,60)61;;/h11,13-14,16-21,28-31H,5-10,12,15,22-27H2,1-4H3,(H2-,56,57,58,59,60,61,62,63,64);;/q;2*+1/p-2. The molecule has 0 radical (unpaired) electrons. The van der Waals surface area contributed by atoms with E-state index in [-0.39, 0.29) is 97.8 Å². The Morgan fingerprint density at radius 3 is 2.16 bits per heavy atom. The van der Waals surface area contributed by atoms with Crippen molar-refractivity contribution in [1.29, 1.82) is 0 Å². The zero-order valence-electron chi connectivity index (χ0n) is 40.1. The van der Waals surface area contributed by atoms with Crippen molar-refractivity contribution < 1.29 is 122 Å². The van der Waals surface area contributed by atoms with Crippen LogP contribution in [0, 0.1) is 5.41 Å². The number of carbonyl (C=O) groups excluding carboxylic acids is 3. The van der Waals surface area contributed by atoms with Crippen LogP contribution in [0.15, 0.2) is 105 Å². The summed E-state index contributed by atoms with van der Waals surface area (Å²) in [4.78, 5) is 47.7. The molecular weight excluding hydrogens is 1010 g/mol. The zero-order chi connectivity index (χ0) is 49.8. The molecule has 366 valence electrons. The van der Waals surface area contributed by atoms with Crippen molar-refractivity contribution in [2.24, 2.45) is 10.4 Å². The molecule has 4 aliphatic rings. The molecule has 0 atom stereocenters. The van der Waals surface area contributed by atoms with Crippen LogP contribution in [0.5, 0.6) is 0 Å². The SMILES string of the molecule is CC1(C)C2=CC(Cl)=CN(CCCCS(=O)(=O)[O-])C2=N/C1=C/C=C(/C=C/C1=[N+](CCCCS(=O)(=O)[O-])c2ccc(S(=O)(=O)[O-])cc2C1(C)C)c1cccc(CCCCC(=O)ON2C(=O)CCC2=O)c1.[Na+].[Na+]. The van der Waals surface area contributed by atoms with Crippen molar-refractivity contribution in [3.05, 3.63) is 112 Å². The van der Waals surface area contributed by atoms with Crippen LogP contribution in [0.2, 0.25) is 0 Å². The van der Waals surface area contributed by atoms with Gasteiger partial charge >= 0.3 is 65.1 Å². The van der Waals surface area contributed by atoms with Gasteiger partial charge in [-0.05, 0) is 99.4 Å². The summed E-state index contributed by atoms with van der Waals surface area (Å²) in [5.74, 6) is -2.19. The van der Waals surface area contributed by atoms with Gasteiger partial charge in [0.15, 0.2) is 5.71 Å². The second-order valence-electron chi connectivity index (χ2n) is 18.0. The van der Waals surface area contributed by atoms with Gasteiger partial charge in [-0.25, -0.2) is 35.0 Å². The summed E-state index contributed by atoms with van der Waals surface area (Å²) in [7, 11) is -13.6. The van der Waals surface area contributed by atoms with Gasteiger partial charge in [0, 0.05) is 78.6 Å². The molecule has 0 aliphatic carbocycles. The molecular formula is C47H53ClN4Na2O13S3. The maximum Gasteiger partial charge on any atom is 1.00 e. The average molecular weight is 1060 g/mol. The average Bonchev–Trinajstić information content (AvgIpc) is 3.78. The predicted octanol–water partition coefficient (Wildman–Crippen LogP) is 0.230. The normalized spacial score (nSPS) is 18.4. The number of imide groups is 1. The van der Waals surface area contributed by atoms with Crippen LogP contribution < -0.4 is 59.1 Å². The number of hydroxylamine groups is 2. The van der Waals surface area contributed by atoms with E-state index in [1.165, 1.54) is 12.1 Å². The molecule has 4 heterocycles. The van der Waals surface area contributed by atoms with E-state index in [0.29, 0.717) is 82.8 Å². The Morgan fingerprint density at radius 2 is 1.51 bits per heavy atom. The Hall–Kier alpha value is -3.09. The zero-order valence-corrected chi connectivity index (χ0v) is 47.3. The number of hydrogen-bond acceptors (Lipinski definition) is 15. The minimum atomic E-state index is -4.81. The van der Waals surface area contributed by atoms with E-state index in [9.17, 15) is 53.3 Å². The molecule has 6 rings (SSSR count). The number of aliphatic imine (C=N–C) groups is 1. The molecule has 70 heavy (non-hydrogen) atoms. The van der Waals surface area contributed by atoms with E-state index in [0.717, 1.165) is 16.7 Å². The van der Waals surface area contributed by atoms with Crippen LogP contribution in [0.25, 0.3) is 5.57 Å². The van der Waals surface area contributed by atoms with Crippen LogP contribution in [0.4, 0.5) is 5.69 Å². The van der Waals surface area contributed by atoms with Gasteiger partial charge in [0.05, 0.1) is 41.3 Å². The van der Waals surface area contributed by atoms with Crippen molar-refractivity contribution in [1.82, 2.24) is 9.96 Å². The van der Waals surface area contributed by atoms with Crippen molar-refractivity contribution in [3.8, 4) is 0 Å². The molecule has 23 heteroatoms. The topological polar surface area (TPSA) is 254 Å². The van der Waals surface area contributed by atoms with E-state index in [2.05, 4.69) is 0 Å². The number of carbonyl (C=O) groups is 3. The smallest absolute Gasteiger partial charge is 0.748 e. The van der Waals surface area contributed by atoms with Crippen molar-refractivity contribution in [2.75, 3.05) is 24.6 Å². The Kier molecular flexibility index (Phi) is 20.6. The number of amidine groups is 1. The fourth-order valence-electron chi connectivity index (χ4n) is 8.55. The Bertz CT molecular complexity index is 2950. The third-order valence-corrected chi connectivity index (χ3v) is 14.8. The number of halogens is 1. The van der Waals surface area contributed by atoms with E-state index in [4.69, 9.17) is 21.4 Å². The van der Waals surface area contributed by atoms with E-state index >= 15 is 0 Å². The third-order valence-electron chi connectivity index (χ3n) is 12.2. The molecule has 0 saturated carbocycles. The minimum absolute atomic E-state index is 0. The van der Waals surface area contributed by atoms with Crippen molar-refractivity contribution in [3.63, 3.8) is 0 Å². The van der Waals surface area contributed by atoms with Gasteiger partial charge in [0.1, 0.15) is 22.5 Å². The molecule has 1 saturated heterocycles. The molecule has 17 nitrogen and oxygen atoms in total. The summed E-state index contributed by atoms with van der Waals surface area (Å²) < 4.78 is 106. The molecule has 4 aliphatic heterocycles. The minimum Gasteiger partial charge on any atom is -0.748 e. The van der Waals surface area contributed by atoms with Crippen LogP contribution >= 0.6 is 11.6 Å². The largest absolute Gasteiger partial charge is 1.00 e. The molecule has 2 amide bonds. The summed E-state index contributed by atoms with van der Waals surface area (Å²) in [6.07, 6.45) is 13.6. The third kappa shape index (κ3) is 15.2. The van der Waals surface area contributed by atoms with Gasteiger partial charge in [-0.3, -0.25) is 9.59 Å². The monoisotopic (exact) mass is 1060 g/mol. The van der Waals surface area contributed by atoms with Crippen LogP contribution in [-0.4, -0.2) is 107 Å². The summed E-state index contributed by atoms with van der Waals surface area (Å²) in [6, 6.07) is 11.9. The van der Waals surface area contributed by atoms with Gasteiger partial charge in [0.2, 0.25) is 5.69 Å². The van der Waals surface area contributed by atoms with Gasteiger partial charge in [-0.15, -0.1) is 5.06 Å². The predicted molar refractivity (Wildman–Crippen MR) is 251 cm³/mol. The Balaban J connectivity index is 0.00000533. The number of nitrogens with zero attached hydrogens (tertiary/aromatic N) is 4. The molecule has 0 spiro atoms. The van der Waals surface area contributed by atoms with Gasteiger partial charge in [0.25, 0.3) is 11.8 Å². The fraction of sp³-hybridized carbons (Fsp3) is 0.426. The van der Waals surface area contributed by atoms with Gasteiger partial charge < -0.3 is 23.4 Å². The first-order valence-corrected chi connectivity index (χ1v) is 27.0. The number of amides is 2. The summed E-state index contributed by atoms with van der Waals surface area (Å²) in [5.41, 5.74) is 4.34. The first kappa shape index (κ1) is 59.5. The summed E-state index contributed by atoms with van der Waals surface area (Å²) in [5, 5.41) is 0.980. The molecule has 0 N–H and O–H groups in total. The van der Waals surface area contributed by atoms with E-state index in [1.54, 1.807) is 12.3 Å². The summed E-state index contributed by atoms with van der Waals surface area (Å²) >= 11 is 6.59. The van der Waals surface area contributed by atoms with E-state index in [1.807, 2.05) is 91.8 Å². The van der Waals surface area contributed by atoms with Gasteiger partial charge in [-0.1, -0.05) is 55.8 Å². The number of rotatable bonds is 21. The Labute approximate surface area is 459 Å². The molecule has 0 unspecified atom stereocenters. The van der Waals surface area contributed by atoms with Crippen LogP contribution in [-0.2, 0) is 61.4 Å². The first-order valence-electron chi connectivity index (χ1n) is 22.1. The number of unbranched alkanes of at least 4 members (excludes halogenated alkanes) is 3. The molecule has 0 bridgehead atoms. The van der Waals surface area contributed by atoms with Crippen molar-refractivity contribution >= 4 is 82.5 Å². The number of benzene rings is 2. The van der Waals surface area contributed by atoms with Crippen LogP contribution in [0.3, 0.4) is 0 Å². The second-order valence-corrected chi connectivity index (χ2v) is 22.9. The maximum absolute atomic E-state index is 12.4. The van der Waals surface area contributed by atoms with Gasteiger partial charge in [-0.2, -0.15) is 4.58 Å². The first-order chi connectivity index (χ1) is 31.7. The maximum atomic E-state index is 12.4. The number of allylic oxidation sites excluding steroid dienone is 8. The molecule has 2 aromatic carbocycles. The quantitative estimate of drug-likeness (QED) is 0.0406. The van der Waals surface area contributed by atoms with Crippen molar-refractivity contribution in [2.45, 2.75) is 102 Å². The summed E-state index contributed by atoms with van der Waals surface area (Å²) in [6.45, 7) is 8.40. The second kappa shape index (κ2) is 24.3. The number of fused-ring (bicyclic) bond motifs is 2.